The molecule has 1 amide bonds. The van der Waals surface area contributed by atoms with Crippen LogP contribution in [0.5, 0.6) is 0 Å². The summed E-state index contributed by atoms with van der Waals surface area (Å²) in [7, 11) is -3.53. The van der Waals surface area contributed by atoms with E-state index in [4.69, 9.17) is 0 Å². The number of fused-ring (bicyclic) bond motifs is 1. The molecule has 2 bridgehead atoms. The molecule has 214 valence electrons. The van der Waals surface area contributed by atoms with Crippen LogP contribution in [-0.2, 0) is 9.36 Å². The van der Waals surface area contributed by atoms with Crippen molar-refractivity contribution >= 4 is 41.4 Å². The largest absolute Gasteiger partial charge is 0.297 e. The van der Waals surface area contributed by atoms with E-state index >= 15 is 4.57 Å². The molecule has 7 nitrogen and oxygen atoms in total. The lowest BCUT2D eigenvalue weighted by Crippen LogP contribution is -2.46. The third kappa shape index (κ3) is 4.38. The van der Waals surface area contributed by atoms with Crippen LogP contribution in [0.25, 0.3) is 0 Å². The van der Waals surface area contributed by atoms with Gasteiger partial charge >= 0.3 is 0 Å². The molecular formula is C32H36N3O4PS. The minimum atomic E-state index is -3.53. The maximum absolute atomic E-state index is 15.1. The number of nitrogens with one attached hydrogen (secondary N) is 1. The molecule has 41 heavy (non-hydrogen) atoms. The Balaban J connectivity index is 1.42. The van der Waals surface area contributed by atoms with Gasteiger partial charge in [0.2, 0.25) is 13.2 Å². The van der Waals surface area contributed by atoms with E-state index in [0.29, 0.717) is 22.1 Å². The fourth-order valence-electron chi connectivity index (χ4n) is 7.67. The Morgan fingerprint density at radius 3 is 2.20 bits per heavy atom. The maximum atomic E-state index is 15.1. The second kappa shape index (κ2) is 10.4. The minimum absolute atomic E-state index is 0.0662. The second-order valence-electron chi connectivity index (χ2n) is 12.3. The highest BCUT2D eigenvalue weighted by molar-refractivity contribution is 7.97. The molecule has 1 aliphatic heterocycles. The van der Waals surface area contributed by atoms with Crippen molar-refractivity contribution in [1.29, 1.82) is 0 Å². The van der Waals surface area contributed by atoms with E-state index in [1.54, 1.807) is 54.4 Å². The molecule has 6 rings (SSSR count). The molecule has 2 aliphatic carbocycles. The van der Waals surface area contributed by atoms with Crippen molar-refractivity contribution in [2.75, 3.05) is 5.75 Å². The highest BCUT2D eigenvalue weighted by Gasteiger charge is 2.69. The van der Waals surface area contributed by atoms with Crippen LogP contribution in [0.15, 0.2) is 84.9 Å². The number of nitro groups is 1. The first-order valence-electron chi connectivity index (χ1n) is 14.3. The van der Waals surface area contributed by atoms with Gasteiger partial charge in [-0.2, -0.15) is 0 Å². The Kier molecular flexibility index (Phi) is 7.16. The van der Waals surface area contributed by atoms with Gasteiger partial charge in [0.15, 0.2) is 0 Å². The Hall–Kier alpha value is -2.93. The van der Waals surface area contributed by atoms with Crippen molar-refractivity contribution in [3.63, 3.8) is 0 Å². The number of nitro benzene ring substituents is 1. The number of amides is 1. The number of hydrogen-bond donors (Lipinski definition) is 1. The fourth-order valence-corrected chi connectivity index (χ4v) is 12.0. The highest BCUT2D eigenvalue weighted by Crippen LogP contribution is 2.71. The van der Waals surface area contributed by atoms with Gasteiger partial charge in [0.05, 0.1) is 22.9 Å². The molecule has 1 heterocycles. The van der Waals surface area contributed by atoms with Crippen molar-refractivity contribution < 1.29 is 14.3 Å². The van der Waals surface area contributed by atoms with E-state index in [1.807, 2.05) is 47.6 Å². The van der Waals surface area contributed by atoms with E-state index in [0.717, 1.165) is 18.6 Å². The van der Waals surface area contributed by atoms with Gasteiger partial charge in [-0.3, -0.25) is 28.9 Å². The van der Waals surface area contributed by atoms with Gasteiger partial charge in [-0.25, -0.2) is 0 Å². The summed E-state index contributed by atoms with van der Waals surface area (Å²) in [6.07, 6.45) is 3.33. The molecule has 5 atom stereocenters. The van der Waals surface area contributed by atoms with Crippen molar-refractivity contribution in [1.82, 2.24) is 9.39 Å². The summed E-state index contributed by atoms with van der Waals surface area (Å²) in [5.41, 5.74) is 0.541. The van der Waals surface area contributed by atoms with Gasteiger partial charge in [-0.05, 0) is 66.8 Å². The van der Waals surface area contributed by atoms with Crippen LogP contribution >= 0.6 is 19.2 Å². The summed E-state index contributed by atoms with van der Waals surface area (Å²) in [5.74, 6) is 0.736. The van der Waals surface area contributed by atoms with Gasteiger partial charge in [0, 0.05) is 33.4 Å². The van der Waals surface area contributed by atoms with Crippen molar-refractivity contribution in [3.8, 4) is 0 Å². The molecule has 1 saturated heterocycles. The predicted octanol–water partition coefficient (Wildman–Crippen LogP) is 6.48. The van der Waals surface area contributed by atoms with Crippen LogP contribution < -0.4 is 15.7 Å². The molecule has 0 radical (unpaired) electrons. The van der Waals surface area contributed by atoms with Gasteiger partial charge in [-0.1, -0.05) is 75.4 Å². The average molecular weight is 590 g/mol. The number of para-hydroxylation sites is 1. The van der Waals surface area contributed by atoms with E-state index in [1.165, 1.54) is 12.5 Å². The molecule has 1 spiro atoms. The smallest absolute Gasteiger partial charge is 0.274 e. The van der Waals surface area contributed by atoms with Crippen molar-refractivity contribution in [2.45, 2.75) is 52.1 Å². The molecule has 9 heteroatoms. The number of carbonyl (C=O) groups is 1. The van der Waals surface area contributed by atoms with E-state index in [9.17, 15) is 14.9 Å². The average Bonchev–Trinajstić information content (AvgIpc) is 3.58. The van der Waals surface area contributed by atoms with Crippen molar-refractivity contribution in [2.24, 2.45) is 22.7 Å². The monoisotopic (exact) mass is 589 g/mol. The summed E-state index contributed by atoms with van der Waals surface area (Å²) < 4.78 is 17.1. The van der Waals surface area contributed by atoms with Crippen LogP contribution in [0, 0.1) is 32.8 Å². The van der Waals surface area contributed by atoms with Crippen LogP contribution in [0.3, 0.4) is 0 Å². The fraction of sp³-hybridized carbons (Fsp3) is 0.406. The number of carbonyl (C=O) groups excluding carboxylic acids is 1. The Morgan fingerprint density at radius 1 is 1.02 bits per heavy atom. The first-order valence-corrected chi connectivity index (χ1v) is 16.9. The standard InChI is InChI=1S/C32H36N3O4PS/c1-22(30(36)34-28-20-23-18-19-32(28,21-41-34)31(23,2)3)29(26-16-10-11-17-27(26)35(37)38)33-40(39,24-12-6-4-7-13-24)25-14-8-5-9-15-25/h4-17,22-23,28-29H,18-21H2,1-3H3,(H,33,39)/t22-,23+,28+,29-,32+/m1/s1. The predicted molar refractivity (Wildman–Crippen MR) is 165 cm³/mol. The van der Waals surface area contributed by atoms with Gasteiger partial charge in [-0.15, -0.1) is 0 Å². The number of hydrogen-bond acceptors (Lipinski definition) is 5. The summed E-state index contributed by atoms with van der Waals surface area (Å²) in [5, 5.41) is 16.7. The van der Waals surface area contributed by atoms with E-state index in [-0.39, 0.29) is 28.5 Å². The van der Waals surface area contributed by atoms with E-state index in [2.05, 4.69) is 18.9 Å². The van der Waals surface area contributed by atoms with Crippen molar-refractivity contribution in [3.05, 3.63) is 101 Å². The molecule has 3 aromatic rings. The third-order valence-electron chi connectivity index (χ3n) is 10.3. The first-order chi connectivity index (χ1) is 19.6. The lowest BCUT2D eigenvalue weighted by atomic mass is 9.69. The number of benzene rings is 3. The Labute approximate surface area is 245 Å². The zero-order chi connectivity index (χ0) is 29.0. The van der Waals surface area contributed by atoms with Gasteiger partial charge in [0.25, 0.3) is 5.69 Å². The molecule has 3 aromatic carbocycles. The lowest BCUT2D eigenvalue weighted by Gasteiger charge is -2.39. The van der Waals surface area contributed by atoms with E-state index < -0.39 is 24.2 Å². The maximum Gasteiger partial charge on any atom is 0.274 e. The molecule has 0 aromatic heterocycles. The molecule has 3 fully saturated rings. The summed E-state index contributed by atoms with van der Waals surface area (Å²) >= 11 is 1.61. The van der Waals surface area contributed by atoms with Crippen LogP contribution in [-0.4, -0.2) is 26.9 Å². The Bertz CT molecular complexity index is 1470. The number of nitrogens with zero attached hydrogens (tertiary/aromatic N) is 2. The first kappa shape index (κ1) is 28.2. The molecule has 3 aliphatic rings. The Morgan fingerprint density at radius 2 is 1.61 bits per heavy atom. The minimum Gasteiger partial charge on any atom is -0.297 e. The quantitative estimate of drug-likeness (QED) is 0.140. The second-order valence-corrected chi connectivity index (χ2v) is 15.7. The number of rotatable bonds is 8. The van der Waals surface area contributed by atoms with Crippen LogP contribution in [0.2, 0.25) is 0 Å². The molecular weight excluding hydrogens is 553 g/mol. The zero-order valence-electron chi connectivity index (χ0n) is 23.6. The van der Waals surface area contributed by atoms with Gasteiger partial charge < -0.3 is 0 Å². The van der Waals surface area contributed by atoms with Crippen LogP contribution in [0.4, 0.5) is 5.69 Å². The van der Waals surface area contributed by atoms with Gasteiger partial charge in [0.1, 0.15) is 0 Å². The molecule has 0 unspecified atom stereocenters. The normalized spacial score (nSPS) is 26.0. The lowest BCUT2D eigenvalue weighted by molar-refractivity contribution is -0.385. The summed E-state index contributed by atoms with van der Waals surface area (Å²) in [6, 6.07) is 24.1. The molecule has 2 saturated carbocycles. The molecule has 1 N–H and O–H groups in total. The third-order valence-corrected chi connectivity index (χ3v) is 14.3. The summed E-state index contributed by atoms with van der Waals surface area (Å²) in [6.45, 7) is 6.54. The SMILES string of the molecule is C[C@@H](C(=O)N1SC[C@@]23CC[C@@H](C[C@H]12)C3(C)C)[C@@H](NP(=O)(c1ccccc1)c1ccccc1)c1ccccc1[N+](=O)[O-]. The topological polar surface area (TPSA) is 92.6 Å². The zero-order valence-corrected chi connectivity index (χ0v) is 25.3. The highest BCUT2D eigenvalue weighted by atomic mass is 32.2. The van der Waals surface area contributed by atoms with Crippen LogP contribution in [0.1, 0.15) is 51.6 Å². The summed E-state index contributed by atoms with van der Waals surface area (Å²) in [4.78, 5) is 26.2.